The second kappa shape index (κ2) is 7.24. The lowest BCUT2D eigenvalue weighted by Gasteiger charge is -2.27. The molecule has 1 aliphatic carbocycles. The van der Waals surface area contributed by atoms with E-state index in [4.69, 9.17) is 10.7 Å². The first kappa shape index (κ1) is 19.1. The van der Waals surface area contributed by atoms with E-state index >= 15 is 0 Å². The number of aromatic nitrogens is 5. The van der Waals surface area contributed by atoms with Crippen LogP contribution in [0.5, 0.6) is 0 Å². The van der Waals surface area contributed by atoms with Gasteiger partial charge in [0.15, 0.2) is 0 Å². The molecule has 0 atom stereocenters. The summed E-state index contributed by atoms with van der Waals surface area (Å²) in [5, 5.41) is 1.07. The first-order valence-corrected chi connectivity index (χ1v) is 11.1. The molecule has 1 saturated carbocycles. The summed E-state index contributed by atoms with van der Waals surface area (Å²) in [5.41, 5.74) is 12.0. The topological polar surface area (TPSA) is 91.6 Å². The van der Waals surface area contributed by atoms with Crippen LogP contribution in [0, 0.1) is 0 Å². The Morgan fingerprint density at radius 1 is 0.969 bits per heavy atom. The van der Waals surface area contributed by atoms with Gasteiger partial charge in [-0.05, 0) is 49.9 Å². The lowest BCUT2D eigenvalue weighted by molar-refractivity contribution is 0.322. The molecule has 4 heterocycles. The number of nitrogens with zero attached hydrogens (tertiary/aromatic N) is 5. The molecule has 1 aliphatic rings. The predicted molar refractivity (Wildman–Crippen MR) is 126 cm³/mol. The monoisotopic (exact) mass is 424 g/mol. The fraction of sp³-hybridized carbons (Fsp3) is 0.280. The van der Waals surface area contributed by atoms with Crippen LogP contribution >= 0.6 is 0 Å². The van der Waals surface area contributed by atoms with Gasteiger partial charge in [-0.15, -0.1) is 0 Å². The second-order valence-electron chi connectivity index (χ2n) is 8.75. The summed E-state index contributed by atoms with van der Waals surface area (Å²) in [4.78, 5) is 27.4. The van der Waals surface area contributed by atoms with E-state index in [0.717, 1.165) is 69.9 Å². The summed E-state index contributed by atoms with van der Waals surface area (Å²) in [6, 6.07) is 14.4. The van der Waals surface area contributed by atoms with Crippen LogP contribution in [0.4, 0.5) is 0 Å². The Balaban J connectivity index is 1.58. The molecule has 160 valence electrons. The number of aryl methyl sites for hydroxylation is 1. The normalized spacial score (nSPS) is 19.2. The number of imidazole rings is 1. The molecule has 0 bridgehead atoms. The standard InChI is InChI=1S/C25H24N6O/c1-30-22-14-28-21-11-10-20(16-12-15-4-2-3-5-19(15)27-13-16)29-23(21)24(22)31(25(30)32)18-8-6-17(26)7-9-18/h2-5,10-14,17-18H,6-9,26H2,1H3. The number of hydrogen-bond donors (Lipinski definition) is 1. The quantitative estimate of drug-likeness (QED) is 0.463. The molecule has 1 fully saturated rings. The third-order valence-electron chi connectivity index (χ3n) is 6.75. The molecule has 0 aliphatic heterocycles. The van der Waals surface area contributed by atoms with E-state index in [9.17, 15) is 4.79 Å². The van der Waals surface area contributed by atoms with Crippen LogP contribution in [0.1, 0.15) is 31.7 Å². The number of pyridine rings is 3. The van der Waals surface area contributed by atoms with Gasteiger partial charge in [-0.25, -0.2) is 9.78 Å². The van der Waals surface area contributed by atoms with Crippen molar-refractivity contribution < 1.29 is 0 Å². The highest BCUT2D eigenvalue weighted by atomic mass is 16.1. The molecule has 0 amide bonds. The highest BCUT2D eigenvalue weighted by Gasteiger charge is 2.26. The van der Waals surface area contributed by atoms with E-state index in [1.54, 1.807) is 17.8 Å². The maximum atomic E-state index is 13.2. The zero-order valence-electron chi connectivity index (χ0n) is 17.9. The van der Waals surface area contributed by atoms with Crippen LogP contribution in [0.15, 0.2) is 59.7 Å². The van der Waals surface area contributed by atoms with Crippen LogP contribution in [0.25, 0.3) is 44.2 Å². The molecule has 4 aromatic heterocycles. The van der Waals surface area contributed by atoms with Crippen molar-refractivity contribution in [2.75, 3.05) is 0 Å². The molecule has 0 saturated heterocycles. The van der Waals surface area contributed by atoms with Gasteiger partial charge in [0.1, 0.15) is 5.52 Å². The Labute approximate surface area is 184 Å². The molecule has 5 aromatic rings. The van der Waals surface area contributed by atoms with Crippen molar-refractivity contribution in [1.82, 2.24) is 24.1 Å². The van der Waals surface area contributed by atoms with Gasteiger partial charge >= 0.3 is 5.69 Å². The fourth-order valence-corrected chi connectivity index (χ4v) is 4.96. The largest absolute Gasteiger partial charge is 0.329 e. The third-order valence-corrected chi connectivity index (χ3v) is 6.75. The molecule has 0 radical (unpaired) electrons. The molecule has 7 nitrogen and oxygen atoms in total. The van der Waals surface area contributed by atoms with Gasteiger partial charge in [0.25, 0.3) is 0 Å². The molecule has 6 rings (SSSR count). The summed E-state index contributed by atoms with van der Waals surface area (Å²) >= 11 is 0. The van der Waals surface area contributed by atoms with Gasteiger partial charge in [0.2, 0.25) is 0 Å². The highest BCUT2D eigenvalue weighted by molar-refractivity contribution is 6.00. The van der Waals surface area contributed by atoms with Crippen molar-refractivity contribution >= 4 is 33.0 Å². The summed E-state index contributed by atoms with van der Waals surface area (Å²) in [7, 11) is 1.81. The molecule has 7 heteroatoms. The second-order valence-corrected chi connectivity index (χ2v) is 8.75. The van der Waals surface area contributed by atoms with Crippen LogP contribution in [0.2, 0.25) is 0 Å². The van der Waals surface area contributed by atoms with Gasteiger partial charge in [-0.3, -0.25) is 19.1 Å². The Bertz CT molecular complexity index is 1540. The SMILES string of the molecule is Cn1c(=O)n(C2CCC(N)CC2)c2c3nc(-c4cnc5ccccc5c4)ccc3ncc21. The van der Waals surface area contributed by atoms with Crippen molar-refractivity contribution in [3.8, 4) is 11.3 Å². The Morgan fingerprint density at radius 3 is 2.59 bits per heavy atom. The first-order valence-electron chi connectivity index (χ1n) is 11.1. The smallest absolute Gasteiger partial charge is 0.328 e. The lowest BCUT2D eigenvalue weighted by atomic mass is 9.91. The van der Waals surface area contributed by atoms with Crippen LogP contribution in [0.3, 0.4) is 0 Å². The average Bonchev–Trinajstić information content (AvgIpc) is 3.09. The number of para-hydroxylation sites is 1. The van der Waals surface area contributed by atoms with Gasteiger partial charge in [-0.2, -0.15) is 0 Å². The van der Waals surface area contributed by atoms with E-state index in [0.29, 0.717) is 0 Å². The summed E-state index contributed by atoms with van der Waals surface area (Å²) < 4.78 is 3.61. The minimum absolute atomic E-state index is 0.0191. The summed E-state index contributed by atoms with van der Waals surface area (Å²) in [5.74, 6) is 0. The van der Waals surface area contributed by atoms with Crippen molar-refractivity contribution in [1.29, 1.82) is 0 Å². The minimum atomic E-state index is -0.0191. The number of benzene rings is 1. The Hall–Kier alpha value is -3.58. The Morgan fingerprint density at radius 2 is 1.75 bits per heavy atom. The third kappa shape index (κ3) is 2.92. The van der Waals surface area contributed by atoms with Gasteiger partial charge in [-0.1, -0.05) is 18.2 Å². The molecule has 1 aromatic carbocycles. The van der Waals surface area contributed by atoms with E-state index in [1.165, 1.54) is 0 Å². The lowest BCUT2D eigenvalue weighted by Crippen LogP contribution is -2.32. The average molecular weight is 425 g/mol. The Kier molecular flexibility index (Phi) is 4.33. The summed E-state index contributed by atoms with van der Waals surface area (Å²) in [6.07, 6.45) is 7.29. The zero-order chi connectivity index (χ0) is 21.8. The van der Waals surface area contributed by atoms with Crippen molar-refractivity contribution in [3.05, 3.63) is 65.3 Å². The van der Waals surface area contributed by atoms with E-state index < -0.39 is 0 Å². The number of nitrogens with two attached hydrogens (primary N) is 1. The van der Waals surface area contributed by atoms with Crippen molar-refractivity contribution in [2.24, 2.45) is 12.8 Å². The van der Waals surface area contributed by atoms with E-state index in [1.807, 2.05) is 41.1 Å². The van der Waals surface area contributed by atoms with Gasteiger partial charge in [0.05, 0.1) is 34.0 Å². The van der Waals surface area contributed by atoms with Gasteiger partial charge in [0, 0.05) is 36.3 Å². The number of fused-ring (bicyclic) bond motifs is 4. The molecular weight excluding hydrogens is 400 g/mol. The van der Waals surface area contributed by atoms with Crippen LogP contribution < -0.4 is 11.4 Å². The van der Waals surface area contributed by atoms with E-state index in [2.05, 4.69) is 22.1 Å². The predicted octanol–water partition coefficient (Wildman–Crippen LogP) is 3.94. The number of hydrogen-bond acceptors (Lipinski definition) is 5. The van der Waals surface area contributed by atoms with E-state index in [-0.39, 0.29) is 17.8 Å². The highest BCUT2D eigenvalue weighted by Crippen LogP contribution is 2.32. The molecule has 0 spiro atoms. The molecule has 2 N–H and O–H groups in total. The maximum Gasteiger partial charge on any atom is 0.329 e. The van der Waals surface area contributed by atoms with Crippen molar-refractivity contribution in [3.63, 3.8) is 0 Å². The number of rotatable bonds is 2. The first-order chi connectivity index (χ1) is 15.6. The molecular formula is C25H24N6O. The fourth-order valence-electron chi connectivity index (χ4n) is 4.96. The molecule has 32 heavy (non-hydrogen) atoms. The molecule has 0 unspecified atom stereocenters. The summed E-state index contributed by atoms with van der Waals surface area (Å²) in [6.45, 7) is 0. The maximum absolute atomic E-state index is 13.2. The van der Waals surface area contributed by atoms with Crippen LogP contribution in [-0.2, 0) is 7.05 Å². The van der Waals surface area contributed by atoms with Gasteiger partial charge < -0.3 is 5.73 Å². The van der Waals surface area contributed by atoms with Crippen LogP contribution in [-0.4, -0.2) is 30.1 Å². The van der Waals surface area contributed by atoms with Crippen molar-refractivity contribution in [2.45, 2.75) is 37.8 Å². The minimum Gasteiger partial charge on any atom is -0.328 e. The zero-order valence-corrected chi connectivity index (χ0v) is 17.9.